The van der Waals surface area contributed by atoms with E-state index in [1.165, 1.54) is 0 Å². The Bertz CT molecular complexity index is 2330. The molecule has 0 aliphatic heterocycles. The molecular formula is C61H98ClN7O18. The summed E-state index contributed by atoms with van der Waals surface area (Å²) in [5.41, 5.74) is 25.1. The van der Waals surface area contributed by atoms with E-state index in [4.69, 9.17) is 97.5 Å². The minimum atomic E-state index is 0. The summed E-state index contributed by atoms with van der Waals surface area (Å²) in [4.78, 5) is 15.6. The molecule has 0 bridgehead atoms. The first kappa shape index (κ1) is 76.7. The lowest BCUT2D eigenvalue weighted by atomic mass is 9.98. The molecule has 0 saturated carbocycles. The Morgan fingerprint density at radius 1 is 0.437 bits per heavy atom. The number of carbonyl (C=O) groups is 1. The summed E-state index contributed by atoms with van der Waals surface area (Å²) in [5.74, 6) is 0.00190. The Hall–Kier alpha value is -4.52. The van der Waals surface area contributed by atoms with Crippen molar-refractivity contribution in [2.24, 2.45) is 10.8 Å². The van der Waals surface area contributed by atoms with Gasteiger partial charge >= 0.3 is 0 Å². The van der Waals surface area contributed by atoms with Gasteiger partial charge in [-0.25, -0.2) is 0 Å². The molecule has 0 aliphatic carbocycles. The maximum atomic E-state index is 12.6. The highest BCUT2D eigenvalue weighted by Crippen LogP contribution is 2.34. The van der Waals surface area contributed by atoms with Crippen LogP contribution in [0.3, 0.4) is 0 Å². The smallest absolute Gasteiger partial charge is 0.220 e. The van der Waals surface area contributed by atoms with Crippen molar-refractivity contribution < 1.29 is 102 Å². The molecule has 0 atom stereocenters. The average molecular weight is 1250 g/mol. The van der Waals surface area contributed by atoms with Gasteiger partial charge in [-0.1, -0.05) is 35.4 Å². The van der Waals surface area contributed by atoms with Crippen LogP contribution in [0.1, 0.15) is 25.7 Å². The van der Waals surface area contributed by atoms with Crippen LogP contribution < -0.4 is 33.8 Å². The maximum Gasteiger partial charge on any atom is 0.220 e. The van der Waals surface area contributed by atoms with Gasteiger partial charge in [0.05, 0.1) is 235 Å². The molecule has 1 heterocycles. The largest absolute Gasteiger partial charge is 1.00 e. The second-order valence-electron chi connectivity index (χ2n) is 18.9. The van der Waals surface area contributed by atoms with E-state index in [2.05, 4.69) is 32.0 Å². The third kappa shape index (κ3) is 38.6. The van der Waals surface area contributed by atoms with E-state index < -0.39 is 0 Å². The van der Waals surface area contributed by atoms with Crippen molar-refractivity contribution in [3.05, 3.63) is 77.2 Å². The number of aryl methyl sites for hydroxylation is 1. The van der Waals surface area contributed by atoms with Crippen molar-refractivity contribution in [3.63, 3.8) is 0 Å². The Morgan fingerprint density at radius 2 is 0.805 bits per heavy atom. The molecule has 5 N–H and O–H groups in total. The van der Waals surface area contributed by atoms with Gasteiger partial charge in [0, 0.05) is 59.2 Å². The molecule has 0 radical (unpaired) electrons. The van der Waals surface area contributed by atoms with Crippen molar-refractivity contribution >= 4 is 39.0 Å². The van der Waals surface area contributed by atoms with E-state index >= 15 is 0 Å². The highest BCUT2D eigenvalue weighted by Gasteiger charge is 2.24. The number of halogens is 1. The molecule has 1 aromatic heterocycles. The fourth-order valence-corrected chi connectivity index (χ4v) is 8.27. The second kappa shape index (κ2) is 55.5. The summed E-state index contributed by atoms with van der Waals surface area (Å²) in [7, 11) is 0. The molecule has 0 saturated heterocycles. The number of unbranched alkanes of at least 4 members (excludes halogenated alkanes) is 2. The highest BCUT2D eigenvalue weighted by molar-refractivity contribution is 6.10. The molecule has 0 aliphatic rings. The van der Waals surface area contributed by atoms with Gasteiger partial charge in [-0.2, -0.15) is 4.57 Å². The summed E-state index contributed by atoms with van der Waals surface area (Å²) < 4.78 is 95.9. The topological polar surface area (TPSA) is 291 Å². The fraction of sp³-hybridized carbons (Fsp3) is 0.672. The number of nitrogens with zero attached hydrogens (tertiary/aromatic N) is 4. The Balaban J connectivity index is 0.0000198. The number of nitrogens with one attached hydrogen (secondary N) is 1. The van der Waals surface area contributed by atoms with Gasteiger partial charge in [-0.05, 0) is 48.7 Å². The Kier molecular flexibility index (Phi) is 49.0. The zero-order valence-electron chi connectivity index (χ0n) is 51.0. The molecule has 4 rings (SSSR count). The summed E-state index contributed by atoms with van der Waals surface area (Å²) in [6, 6.07) is 22.0. The van der Waals surface area contributed by atoms with Gasteiger partial charge in [-0.3, -0.25) is 4.79 Å². The number of hydrogen-bond acceptors (Lipinski definition) is 21. The molecule has 25 nitrogen and oxygen atoms in total. The minimum absolute atomic E-state index is 0. The van der Waals surface area contributed by atoms with Crippen LogP contribution in [0.25, 0.3) is 43.4 Å². The SMILES string of the molecule is [Cl-].[N-]=[N+]=Nc1ccc2c(c1)c(-c1ccccc1)[n+](CCCCCC(=O)NCCOCCOCCOCCOCCOCCOCCOCCOCCOCCOCCOCCOCCOCCOCCOCCOCCOCCN)c1cc(N)ccc21. The minimum Gasteiger partial charge on any atom is -1.00 e. The second-order valence-corrected chi connectivity index (χ2v) is 18.9. The molecule has 0 fully saturated rings. The van der Waals surface area contributed by atoms with Gasteiger partial charge < -0.3 is 110 Å². The first-order valence-electron chi connectivity index (χ1n) is 30.2. The quantitative estimate of drug-likeness (QED) is 0.0109. The number of ether oxygens (including phenoxy) is 17. The lowest BCUT2D eigenvalue weighted by molar-refractivity contribution is -0.659. The number of amides is 1. The van der Waals surface area contributed by atoms with Crippen molar-refractivity contribution in [2.45, 2.75) is 32.2 Å². The average Bonchev–Trinajstić information content (AvgIpc) is 0.873. The first-order chi connectivity index (χ1) is 42.6. The van der Waals surface area contributed by atoms with Gasteiger partial charge in [0.15, 0.2) is 0 Å². The third-order valence-corrected chi connectivity index (χ3v) is 12.4. The number of pyridine rings is 1. The van der Waals surface area contributed by atoms with Crippen LogP contribution in [0.15, 0.2) is 71.8 Å². The summed E-state index contributed by atoms with van der Waals surface area (Å²) in [6.07, 6.45) is 2.91. The Labute approximate surface area is 519 Å². The third-order valence-electron chi connectivity index (χ3n) is 12.4. The highest BCUT2D eigenvalue weighted by atomic mass is 35.5. The van der Waals surface area contributed by atoms with Gasteiger partial charge in [0.2, 0.25) is 17.1 Å². The van der Waals surface area contributed by atoms with Crippen molar-refractivity contribution in [1.82, 2.24) is 5.32 Å². The van der Waals surface area contributed by atoms with Crippen LogP contribution in [0, 0.1) is 0 Å². The van der Waals surface area contributed by atoms with E-state index in [-0.39, 0.29) is 18.3 Å². The van der Waals surface area contributed by atoms with Gasteiger partial charge in [-0.15, -0.1) is 0 Å². The predicted molar refractivity (Wildman–Crippen MR) is 325 cm³/mol. The lowest BCUT2D eigenvalue weighted by Crippen LogP contribution is -3.00. The predicted octanol–water partition coefficient (Wildman–Crippen LogP) is 2.39. The monoisotopic (exact) mass is 1250 g/mol. The normalized spacial score (nSPS) is 11.4. The van der Waals surface area contributed by atoms with E-state index in [9.17, 15) is 4.79 Å². The van der Waals surface area contributed by atoms with E-state index in [1.54, 1.807) is 0 Å². The van der Waals surface area contributed by atoms with Crippen LogP contribution in [0.2, 0.25) is 0 Å². The van der Waals surface area contributed by atoms with Crippen molar-refractivity contribution in [1.29, 1.82) is 0 Å². The van der Waals surface area contributed by atoms with E-state index in [1.807, 2.05) is 54.6 Å². The molecule has 0 spiro atoms. The van der Waals surface area contributed by atoms with Crippen LogP contribution in [-0.2, 0) is 91.9 Å². The van der Waals surface area contributed by atoms with E-state index in [0.717, 1.165) is 58.7 Å². The molecule has 1 amide bonds. The standard InChI is InChI=1S/C61H97N7O18.ClH/c62-14-17-70-19-21-72-23-25-74-27-29-76-31-33-78-35-37-80-39-41-82-43-45-84-47-49-86-50-48-85-46-44-83-42-40-81-38-36-79-34-32-77-30-28-75-26-24-73-22-20-71-18-15-65-60(69)9-5-2-6-16-68-59-51-54(63)10-12-57(59)56-13-11-55(66-67-64)52-58(56)61(68)53-7-3-1-4-8-53;/h1,3-4,7-8,10-13,51-52,63H,2,5-6,9,14-50,62H2,(H,65,69);1H. The fourth-order valence-electron chi connectivity index (χ4n) is 8.27. The lowest BCUT2D eigenvalue weighted by Gasteiger charge is -2.13. The molecule has 4 aromatic rings. The van der Waals surface area contributed by atoms with Crippen LogP contribution in [0.4, 0.5) is 11.4 Å². The zero-order chi connectivity index (χ0) is 60.7. The maximum absolute atomic E-state index is 12.6. The molecule has 3 aromatic carbocycles. The number of aromatic nitrogens is 1. The van der Waals surface area contributed by atoms with Crippen molar-refractivity contribution in [2.75, 3.05) is 243 Å². The van der Waals surface area contributed by atoms with E-state index in [0.29, 0.717) is 256 Å². The molecular weight excluding hydrogens is 1150 g/mol. The van der Waals surface area contributed by atoms with Gasteiger partial charge in [0.25, 0.3) is 0 Å². The molecule has 87 heavy (non-hydrogen) atoms. The number of azide groups is 1. The molecule has 0 unspecified atom stereocenters. The number of fused-ring (bicyclic) bond motifs is 3. The van der Waals surface area contributed by atoms with Crippen LogP contribution >= 0.6 is 0 Å². The molecule has 492 valence electrons. The number of rotatable bonds is 61. The summed E-state index contributed by atoms with van der Waals surface area (Å²) in [6.45, 7) is 18.1. The number of nitrogens with two attached hydrogens (primary N) is 2. The number of anilines is 1. The van der Waals surface area contributed by atoms with Crippen molar-refractivity contribution in [3.8, 4) is 11.3 Å². The van der Waals surface area contributed by atoms with Crippen LogP contribution in [0.5, 0.6) is 0 Å². The summed E-state index contributed by atoms with van der Waals surface area (Å²) >= 11 is 0. The number of carbonyl (C=O) groups excluding carboxylic acids is 1. The summed E-state index contributed by atoms with van der Waals surface area (Å²) in [5, 5.41) is 9.94. The Morgan fingerprint density at radius 3 is 1.18 bits per heavy atom. The van der Waals surface area contributed by atoms with Crippen LogP contribution in [-0.4, -0.2) is 244 Å². The van der Waals surface area contributed by atoms with Gasteiger partial charge in [0.1, 0.15) is 6.54 Å². The number of benzene rings is 3. The zero-order valence-corrected chi connectivity index (χ0v) is 51.8. The number of hydrogen-bond donors (Lipinski definition) is 3. The first-order valence-corrected chi connectivity index (χ1v) is 30.2. The molecule has 26 heteroatoms. The number of nitrogen functional groups attached to an aromatic ring is 1.